The van der Waals surface area contributed by atoms with Crippen LogP contribution in [0.5, 0.6) is 5.75 Å². The number of ketones is 1. The predicted molar refractivity (Wildman–Crippen MR) is 138 cm³/mol. The van der Waals surface area contributed by atoms with Crippen molar-refractivity contribution >= 4 is 73.9 Å². The summed E-state index contributed by atoms with van der Waals surface area (Å²) in [7, 11) is 0. The normalized spacial score (nSPS) is 14.7. The highest BCUT2D eigenvalue weighted by Gasteiger charge is 2.36. The van der Waals surface area contributed by atoms with E-state index in [1.165, 1.54) is 0 Å². The monoisotopic (exact) mass is 575 g/mol. The third-order valence-corrected chi connectivity index (χ3v) is 6.97. The number of benzene rings is 3. The highest BCUT2D eigenvalue weighted by atomic mass is 79.9. The largest absolute Gasteiger partial charge is 0.488 e. The van der Waals surface area contributed by atoms with Crippen molar-refractivity contribution in [2.45, 2.75) is 6.61 Å². The number of amides is 2. The lowest BCUT2D eigenvalue weighted by atomic mass is 10.1. The smallest absolute Gasteiger partial charge is 0.293 e. The van der Waals surface area contributed by atoms with E-state index < -0.39 is 11.1 Å². The first-order valence-corrected chi connectivity index (χ1v) is 12.4. The van der Waals surface area contributed by atoms with Crippen LogP contribution in [0.25, 0.3) is 6.08 Å². The molecule has 172 valence electrons. The molecule has 0 atom stereocenters. The molecule has 1 aliphatic heterocycles. The molecular formula is C25H16BrCl2NO4S. The van der Waals surface area contributed by atoms with E-state index in [0.717, 1.165) is 26.7 Å². The van der Waals surface area contributed by atoms with Gasteiger partial charge in [-0.1, -0.05) is 75.5 Å². The lowest BCUT2D eigenvalue weighted by molar-refractivity contribution is -0.122. The van der Waals surface area contributed by atoms with Crippen molar-refractivity contribution in [1.29, 1.82) is 0 Å². The zero-order valence-electron chi connectivity index (χ0n) is 17.5. The Balaban J connectivity index is 1.49. The Morgan fingerprint density at radius 2 is 1.76 bits per heavy atom. The molecule has 0 aliphatic carbocycles. The molecule has 1 aliphatic rings. The predicted octanol–water partition coefficient (Wildman–Crippen LogP) is 7.25. The molecular weight excluding hydrogens is 561 g/mol. The maximum atomic E-state index is 12.9. The van der Waals surface area contributed by atoms with Crippen molar-refractivity contribution in [1.82, 2.24) is 4.90 Å². The number of carbonyl (C=O) groups is 3. The Labute approximate surface area is 218 Å². The number of imide groups is 1. The zero-order chi connectivity index (χ0) is 24.2. The zero-order valence-corrected chi connectivity index (χ0v) is 21.4. The number of hydrogen-bond donors (Lipinski definition) is 0. The maximum Gasteiger partial charge on any atom is 0.293 e. The van der Waals surface area contributed by atoms with Crippen LogP contribution < -0.4 is 4.74 Å². The molecule has 2 amide bonds. The van der Waals surface area contributed by atoms with Gasteiger partial charge in [-0.25, -0.2) is 0 Å². The minimum absolute atomic E-state index is 0.198. The van der Waals surface area contributed by atoms with E-state index in [1.54, 1.807) is 72.8 Å². The van der Waals surface area contributed by atoms with Gasteiger partial charge in [0.1, 0.15) is 12.4 Å². The van der Waals surface area contributed by atoms with E-state index >= 15 is 0 Å². The van der Waals surface area contributed by atoms with E-state index in [2.05, 4.69) is 15.9 Å². The van der Waals surface area contributed by atoms with Gasteiger partial charge in [0.15, 0.2) is 5.78 Å². The fourth-order valence-electron chi connectivity index (χ4n) is 3.17. The third kappa shape index (κ3) is 5.73. The standard InChI is InChI=1S/C25H16BrCl2NO4S/c26-18-8-5-15(6-9-18)21(30)13-29-24(31)23(34-25(29)32)11-16-3-1-2-4-22(16)33-14-17-7-10-19(27)12-20(17)28/h1-12H,13-14H2/b23-11+. The second-order valence-electron chi connectivity index (χ2n) is 7.26. The molecule has 3 aromatic carbocycles. The van der Waals surface area contributed by atoms with Crippen LogP contribution in [-0.4, -0.2) is 28.4 Å². The number of nitrogens with zero attached hydrogens (tertiary/aromatic N) is 1. The van der Waals surface area contributed by atoms with E-state index in [0.29, 0.717) is 26.9 Å². The van der Waals surface area contributed by atoms with Crippen molar-refractivity contribution in [3.8, 4) is 5.75 Å². The number of para-hydroxylation sites is 1. The van der Waals surface area contributed by atoms with Crippen LogP contribution in [0.4, 0.5) is 4.79 Å². The molecule has 3 aromatic rings. The number of ether oxygens (including phenoxy) is 1. The Morgan fingerprint density at radius 3 is 2.50 bits per heavy atom. The van der Waals surface area contributed by atoms with Gasteiger partial charge in [0.2, 0.25) is 0 Å². The van der Waals surface area contributed by atoms with Crippen LogP contribution in [0.2, 0.25) is 10.0 Å². The van der Waals surface area contributed by atoms with Gasteiger partial charge in [-0.2, -0.15) is 0 Å². The average molecular weight is 577 g/mol. The summed E-state index contributed by atoms with van der Waals surface area (Å²) in [6.45, 7) is -0.124. The second kappa shape index (κ2) is 10.8. The molecule has 0 bridgehead atoms. The molecule has 1 saturated heterocycles. The van der Waals surface area contributed by atoms with Gasteiger partial charge in [0, 0.05) is 31.2 Å². The molecule has 0 spiro atoms. The molecule has 0 aromatic heterocycles. The van der Waals surface area contributed by atoms with Gasteiger partial charge in [0.25, 0.3) is 11.1 Å². The van der Waals surface area contributed by atoms with Crippen LogP contribution in [0.3, 0.4) is 0 Å². The van der Waals surface area contributed by atoms with Gasteiger partial charge in [-0.15, -0.1) is 0 Å². The summed E-state index contributed by atoms with van der Waals surface area (Å²) >= 11 is 16.3. The third-order valence-electron chi connectivity index (χ3n) is 4.95. The molecule has 1 heterocycles. The van der Waals surface area contributed by atoms with Crippen molar-refractivity contribution in [3.05, 3.63) is 103 Å². The van der Waals surface area contributed by atoms with Gasteiger partial charge in [-0.05, 0) is 48.2 Å². The highest BCUT2D eigenvalue weighted by molar-refractivity contribution is 9.10. The van der Waals surface area contributed by atoms with Gasteiger partial charge in [-0.3, -0.25) is 19.3 Å². The Kier molecular flexibility index (Phi) is 7.78. The lowest BCUT2D eigenvalue weighted by Gasteiger charge is -2.12. The first kappa shape index (κ1) is 24.5. The molecule has 4 rings (SSSR count). The van der Waals surface area contributed by atoms with Gasteiger partial charge in [0.05, 0.1) is 11.4 Å². The number of rotatable bonds is 7. The van der Waals surface area contributed by atoms with Crippen molar-refractivity contribution in [3.63, 3.8) is 0 Å². The Morgan fingerprint density at radius 1 is 1.03 bits per heavy atom. The summed E-state index contributed by atoms with van der Waals surface area (Å²) in [5.41, 5.74) is 1.80. The number of hydrogen-bond acceptors (Lipinski definition) is 5. The minimum Gasteiger partial charge on any atom is -0.488 e. The summed E-state index contributed by atoms with van der Waals surface area (Å²) in [5.74, 6) is -0.318. The molecule has 9 heteroatoms. The second-order valence-corrected chi connectivity index (χ2v) is 10.0. The lowest BCUT2D eigenvalue weighted by Crippen LogP contribution is -2.33. The number of halogens is 3. The van der Waals surface area contributed by atoms with E-state index in [9.17, 15) is 14.4 Å². The van der Waals surface area contributed by atoms with Gasteiger partial charge < -0.3 is 4.74 Å². The molecule has 5 nitrogen and oxygen atoms in total. The van der Waals surface area contributed by atoms with Crippen LogP contribution in [0.15, 0.2) is 76.1 Å². The first-order chi connectivity index (χ1) is 16.3. The molecule has 0 radical (unpaired) electrons. The molecule has 0 saturated carbocycles. The summed E-state index contributed by atoms with van der Waals surface area (Å²) in [6, 6.07) is 19.0. The summed E-state index contributed by atoms with van der Waals surface area (Å²) in [4.78, 5) is 39.1. The maximum absolute atomic E-state index is 12.9. The Bertz CT molecular complexity index is 1310. The first-order valence-electron chi connectivity index (χ1n) is 10.0. The summed E-state index contributed by atoms with van der Waals surface area (Å²) in [5, 5.41) is 0.526. The highest BCUT2D eigenvalue weighted by Crippen LogP contribution is 2.34. The quantitative estimate of drug-likeness (QED) is 0.219. The SMILES string of the molecule is O=C(CN1C(=O)S/C(=C/c2ccccc2OCc2ccc(Cl)cc2Cl)C1=O)c1ccc(Br)cc1. The van der Waals surface area contributed by atoms with E-state index in [-0.39, 0.29) is 23.8 Å². The van der Waals surface area contributed by atoms with Crippen LogP contribution in [0, 0.1) is 0 Å². The number of carbonyl (C=O) groups excluding carboxylic acids is 3. The van der Waals surface area contributed by atoms with Crippen LogP contribution in [-0.2, 0) is 11.4 Å². The molecule has 0 unspecified atom stereocenters. The molecule has 0 N–H and O–H groups in total. The fraction of sp³-hybridized carbons (Fsp3) is 0.0800. The van der Waals surface area contributed by atoms with Crippen molar-refractivity contribution in [2.75, 3.05) is 6.54 Å². The average Bonchev–Trinajstić information content (AvgIpc) is 3.07. The molecule has 34 heavy (non-hydrogen) atoms. The van der Waals surface area contributed by atoms with E-state index in [4.69, 9.17) is 27.9 Å². The van der Waals surface area contributed by atoms with Crippen LogP contribution in [0.1, 0.15) is 21.5 Å². The minimum atomic E-state index is -0.518. The molecule has 1 fully saturated rings. The van der Waals surface area contributed by atoms with E-state index in [1.807, 2.05) is 0 Å². The number of thioether (sulfide) groups is 1. The van der Waals surface area contributed by atoms with Crippen molar-refractivity contribution in [2.24, 2.45) is 0 Å². The fourth-order valence-corrected chi connectivity index (χ4v) is 4.73. The Hall–Kier alpha value is -2.58. The number of Topliss-reactive ketones (excluding diaryl/α,β-unsaturated/α-hetero) is 1. The topological polar surface area (TPSA) is 63.7 Å². The van der Waals surface area contributed by atoms with Gasteiger partial charge >= 0.3 is 0 Å². The van der Waals surface area contributed by atoms with Crippen LogP contribution >= 0.6 is 50.9 Å². The summed E-state index contributed by atoms with van der Waals surface area (Å²) < 4.78 is 6.76. The summed E-state index contributed by atoms with van der Waals surface area (Å²) in [6.07, 6.45) is 1.59. The van der Waals surface area contributed by atoms with Crippen molar-refractivity contribution < 1.29 is 19.1 Å².